The van der Waals surface area contributed by atoms with Crippen LogP contribution in [-0.2, 0) is 4.79 Å². The summed E-state index contributed by atoms with van der Waals surface area (Å²) in [5.41, 5.74) is 5.35. The van der Waals surface area contributed by atoms with Crippen LogP contribution in [-0.4, -0.2) is 29.2 Å². The van der Waals surface area contributed by atoms with Crippen LogP contribution in [0.25, 0.3) is 10.8 Å². The van der Waals surface area contributed by atoms with Crippen molar-refractivity contribution in [1.82, 2.24) is 10.2 Å². The van der Waals surface area contributed by atoms with E-state index in [1.807, 2.05) is 29.2 Å². The molecule has 1 aliphatic rings. The topological polar surface area (TPSA) is 72.1 Å². The molecule has 6 heteroatoms. The molecule has 1 aromatic carbocycles. The highest BCUT2D eigenvalue weighted by atomic mass is 35.5. The number of benzene rings is 1. The number of rotatable bonds is 2. The average molecular weight is 277 g/mol. The van der Waals surface area contributed by atoms with E-state index in [1.54, 1.807) is 0 Å². The van der Waals surface area contributed by atoms with Crippen molar-refractivity contribution in [2.45, 2.75) is 6.42 Å². The van der Waals surface area contributed by atoms with Crippen LogP contribution in [0.2, 0.25) is 5.15 Å². The van der Waals surface area contributed by atoms with E-state index in [4.69, 9.17) is 17.3 Å². The smallest absolute Gasteiger partial charge is 0.222 e. The van der Waals surface area contributed by atoms with Crippen LogP contribution in [0.4, 0.5) is 5.82 Å². The van der Waals surface area contributed by atoms with Gasteiger partial charge in [0, 0.05) is 23.9 Å². The van der Waals surface area contributed by atoms with Gasteiger partial charge in [0.1, 0.15) is 0 Å². The maximum absolute atomic E-state index is 11.2. The standard InChI is InChI=1S/C13H13ClN4O/c14-11-9-3-1-2-4-10(9)13(17-16-11)18-6-5-8(7-18)12(15)19/h1-4,8H,5-7H2,(H2,15,19). The zero-order valence-corrected chi connectivity index (χ0v) is 11.0. The summed E-state index contributed by atoms with van der Waals surface area (Å²) in [7, 11) is 0. The number of halogens is 1. The fourth-order valence-electron chi connectivity index (χ4n) is 2.48. The fraction of sp³-hybridized carbons (Fsp3) is 0.308. The van der Waals surface area contributed by atoms with Gasteiger partial charge in [0.05, 0.1) is 5.92 Å². The summed E-state index contributed by atoms with van der Waals surface area (Å²) in [6.45, 7) is 1.35. The molecule has 0 saturated carbocycles. The third-order valence-corrected chi connectivity index (χ3v) is 3.79. The normalized spacial score (nSPS) is 19.0. The Morgan fingerprint density at radius 2 is 2.05 bits per heavy atom. The van der Waals surface area contributed by atoms with E-state index in [9.17, 15) is 4.79 Å². The molecule has 2 N–H and O–H groups in total. The van der Waals surface area contributed by atoms with Gasteiger partial charge in [0.2, 0.25) is 5.91 Å². The molecule has 0 bridgehead atoms. The largest absolute Gasteiger partial charge is 0.369 e. The lowest BCUT2D eigenvalue weighted by Gasteiger charge is -2.18. The highest BCUT2D eigenvalue weighted by Gasteiger charge is 2.28. The summed E-state index contributed by atoms with van der Waals surface area (Å²) in [6, 6.07) is 7.72. The number of fused-ring (bicyclic) bond motifs is 1. The number of nitrogens with two attached hydrogens (primary N) is 1. The van der Waals surface area contributed by atoms with Gasteiger partial charge in [-0.2, -0.15) is 0 Å². The number of hydrogen-bond acceptors (Lipinski definition) is 4. The second kappa shape index (κ2) is 4.66. The number of hydrogen-bond donors (Lipinski definition) is 1. The van der Waals surface area contributed by atoms with E-state index in [-0.39, 0.29) is 11.8 Å². The molecule has 1 aromatic heterocycles. The molecule has 2 heterocycles. The lowest BCUT2D eigenvalue weighted by atomic mass is 10.1. The molecule has 3 rings (SSSR count). The van der Waals surface area contributed by atoms with Crippen LogP contribution in [0.15, 0.2) is 24.3 Å². The van der Waals surface area contributed by atoms with Gasteiger partial charge in [0.15, 0.2) is 11.0 Å². The summed E-state index contributed by atoms with van der Waals surface area (Å²) >= 11 is 6.05. The van der Waals surface area contributed by atoms with Gasteiger partial charge < -0.3 is 10.6 Å². The van der Waals surface area contributed by atoms with Crippen LogP contribution < -0.4 is 10.6 Å². The van der Waals surface area contributed by atoms with Gasteiger partial charge >= 0.3 is 0 Å². The first-order valence-electron chi connectivity index (χ1n) is 6.12. The minimum Gasteiger partial charge on any atom is -0.369 e. The third kappa shape index (κ3) is 2.10. The Kier molecular flexibility index (Phi) is 2.98. The molecule has 2 aromatic rings. The highest BCUT2D eigenvalue weighted by Crippen LogP contribution is 2.31. The molecule has 19 heavy (non-hydrogen) atoms. The number of carbonyl (C=O) groups excluding carboxylic acids is 1. The highest BCUT2D eigenvalue weighted by molar-refractivity contribution is 6.34. The Labute approximate surface area is 115 Å². The minimum absolute atomic E-state index is 0.115. The van der Waals surface area contributed by atoms with E-state index in [0.29, 0.717) is 11.7 Å². The lowest BCUT2D eigenvalue weighted by Crippen LogP contribution is -2.27. The van der Waals surface area contributed by atoms with Crippen LogP contribution >= 0.6 is 11.6 Å². The zero-order valence-electron chi connectivity index (χ0n) is 10.2. The molecule has 1 atom stereocenters. The average Bonchev–Trinajstić information content (AvgIpc) is 2.89. The minimum atomic E-state index is -0.256. The summed E-state index contributed by atoms with van der Waals surface area (Å²) < 4.78 is 0. The SMILES string of the molecule is NC(=O)C1CCN(c2nnc(Cl)c3ccccc23)C1. The first-order chi connectivity index (χ1) is 9.16. The molecule has 1 fully saturated rings. The molecule has 0 aliphatic carbocycles. The number of anilines is 1. The lowest BCUT2D eigenvalue weighted by molar-refractivity contribution is -0.121. The Hall–Kier alpha value is -1.88. The molecular weight excluding hydrogens is 264 g/mol. The van der Waals surface area contributed by atoms with Gasteiger partial charge in [-0.25, -0.2) is 0 Å². The number of aromatic nitrogens is 2. The van der Waals surface area contributed by atoms with Gasteiger partial charge in [-0.3, -0.25) is 4.79 Å². The third-order valence-electron chi connectivity index (χ3n) is 3.51. The van der Waals surface area contributed by atoms with E-state index in [0.717, 1.165) is 29.6 Å². The molecule has 0 spiro atoms. The zero-order chi connectivity index (χ0) is 13.4. The Morgan fingerprint density at radius 1 is 1.32 bits per heavy atom. The summed E-state index contributed by atoms with van der Waals surface area (Å²) in [5.74, 6) is 0.397. The molecule has 1 amide bonds. The Bertz CT molecular complexity index is 646. The van der Waals surface area contributed by atoms with Crippen molar-refractivity contribution in [2.75, 3.05) is 18.0 Å². The van der Waals surface area contributed by atoms with Gasteiger partial charge in [0.25, 0.3) is 0 Å². The van der Waals surface area contributed by atoms with Gasteiger partial charge in [-0.15, -0.1) is 10.2 Å². The summed E-state index contributed by atoms with van der Waals surface area (Å²) in [5, 5.41) is 10.4. The van der Waals surface area contributed by atoms with Crippen molar-refractivity contribution in [2.24, 2.45) is 11.7 Å². The van der Waals surface area contributed by atoms with Crippen molar-refractivity contribution in [3.05, 3.63) is 29.4 Å². The molecule has 1 unspecified atom stereocenters. The van der Waals surface area contributed by atoms with E-state index in [1.165, 1.54) is 0 Å². The second-order valence-electron chi connectivity index (χ2n) is 4.69. The molecule has 1 aliphatic heterocycles. The maximum Gasteiger partial charge on any atom is 0.222 e. The van der Waals surface area contributed by atoms with Gasteiger partial charge in [-0.1, -0.05) is 35.9 Å². The van der Waals surface area contributed by atoms with Gasteiger partial charge in [-0.05, 0) is 6.42 Å². The molecule has 5 nitrogen and oxygen atoms in total. The van der Waals surface area contributed by atoms with Crippen molar-refractivity contribution in [3.63, 3.8) is 0 Å². The number of amides is 1. The maximum atomic E-state index is 11.2. The van der Waals surface area contributed by atoms with E-state index in [2.05, 4.69) is 10.2 Å². The Balaban J connectivity index is 2.02. The van der Waals surface area contributed by atoms with Crippen molar-refractivity contribution >= 4 is 34.1 Å². The quantitative estimate of drug-likeness (QED) is 0.904. The molecule has 1 saturated heterocycles. The Morgan fingerprint density at radius 3 is 2.74 bits per heavy atom. The molecular formula is C13H13ClN4O. The van der Waals surface area contributed by atoms with Crippen LogP contribution in [0.3, 0.4) is 0 Å². The molecule has 98 valence electrons. The van der Waals surface area contributed by atoms with Crippen molar-refractivity contribution < 1.29 is 4.79 Å². The van der Waals surface area contributed by atoms with E-state index < -0.39 is 0 Å². The van der Waals surface area contributed by atoms with Crippen molar-refractivity contribution in [3.8, 4) is 0 Å². The van der Waals surface area contributed by atoms with Crippen LogP contribution in [0.5, 0.6) is 0 Å². The predicted octanol–water partition coefficient (Wildman–Crippen LogP) is 1.59. The van der Waals surface area contributed by atoms with Crippen LogP contribution in [0.1, 0.15) is 6.42 Å². The fourth-order valence-corrected chi connectivity index (χ4v) is 2.68. The summed E-state index contributed by atoms with van der Waals surface area (Å²) in [6.07, 6.45) is 0.758. The van der Waals surface area contributed by atoms with E-state index >= 15 is 0 Å². The number of primary amides is 1. The first-order valence-corrected chi connectivity index (χ1v) is 6.50. The summed E-state index contributed by atoms with van der Waals surface area (Å²) in [4.78, 5) is 13.3. The van der Waals surface area contributed by atoms with Crippen molar-refractivity contribution in [1.29, 1.82) is 0 Å². The first kappa shape index (κ1) is 12.2. The molecule has 0 radical (unpaired) electrons. The second-order valence-corrected chi connectivity index (χ2v) is 5.05. The predicted molar refractivity (Wildman–Crippen MR) is 74.1 cm³/mol. The number of nitrogens with zero attached hydrogens (tertiary/aromatic N) is 3. The monoisotopic (exact) mass is 276 g/mol. The van der Waals surface area contributed by atoms with Crippen LogP contribution in [0, 0.1) is 5.92 Å². The number of carbonyl (C=O) groups is 1.